The van der Waals surface area contributed by atoms with Gasteiger partial charge in [-0.1, -0.05) is 6.92 Å². The third-order valence-corrected chi connectivity index (χ3v) is 3.44. The van der Waals surface area contributed by atoms with Crippen molar-refractivity contribution in [3.63, 3.8) is 0 Å². The number of hydrogen-bond donors (Lipinski definition) is 1. The quantitative estimate of drug-likeness (QED) is 0.619. The first-order valence-electron chi connectivity index (χ1n) is 2.85. The van der Waals surface area contributed by atoms with Crippen molar-refractivity contribution in [3.8, 4) is 0 Å². The molecule has 2 atom stereocenters. The Morgan fingerprint density at radius 3 is 2.33 bits per heavy atom. The SMILES string of the molecule is CCC(O)P(C)(=O)OC. The molecule has 3 nitrogen and oxygen atoms in total. The molecule has 0 rings (SSSR count). The van der Waals surface area contributed by atoms with Gasteiger partial charge >= 0.3 is 0 Å². The summed E-state index contributed by atoms with van der Waals surface area (Å²) in [5.41, 5.74) is 0. The highest BCUT2D eigenvalue weighted by atomic mass is 31.2. The summed E-state index contributed by atoms with van der Waals surface area (Å²) >= 11 is 0. The van der Waals surface area contributed by atoms with Crippen molar-refractivity contribution >= 4 is 7.37 Å². The maximum Gasteiger partial charge on any atom is 0.227 e. The first kappa shape index (κ1) is 9.15. The smallest absolute Gasteiger partial charge is 0.227 e. The molecule has 1 N–H and O–H groups in total. The summed E-state index contributed by atoms with van der Waals surface area (Å²) < 4.78 is 15.6. The van der Waals surface area contributed by atoms with Crippen molar-refractivity contribution < 1.29 is 14.2 Å². The molecule has 0 spiro atoms. The van der Waals surface area contributed by atoms with Crippen LogP contribution in [0.2, 0.25) is 0 Å². The van der Waals surface area contributed by atoms with Crippen LogP contribution >= 0.6 is 7.37 Å². The van der Waals surface area contributed by atoms with Crippen LogP contribution in [0.3, 0.4) is 0 Å². The molecule has 0 aromatic carbocycles. The maximum absolute atomic E-state index is 11.0. The van der Waals surface area contributed by atoms with E-state index in [1.54, 1.807) is 6.92 Å². The molecule has 0 amide bonds. The van der Waals surface area contributed by atoms with Crippen LogP contribution in [-0.2, 0) is 9.09 Å². The minimum absolute atomic E-state index is 0.474. The van der Waals surface area contributed by atoms with Gasteiger partial charge in [-0.2, -0.15) is 0 Å². The van der Waals surface area contributed by atoms with Crippen molar-refractivity contribution in [1.29, 1.82) is 0 Å². The highest BCUT2D eigenvalue weighted by Crippen LogP contribution is 2.46. The van der Waals surface area contributed by atoms with Crippen LogP contribution in [0.5, 0.6) is 0 Å². The highest BCUT2D eigenvalue weighted by molar-refractivity contribution is 7.58. The fourth-order valence-corrected chi connectivity index (χ4v) is 1.36. The molecule has 0 aliphatic carbocycles. The summed E-state index contributed by atoms with van der Waals surface area (Å²) in [6.07, 6.45) is 0.474. The van der Waals surface area contributed by atoms with Gasteiger partial charge in [0.15, 0.2) is 0 Å². The molecule has 9 heavy (non-hydrogen) atoms. The first-order valence-corrected chi connectivity index (χ1v) is 4.99. The molecule has 4 heteroatoms. The molecule has 0 bridgehead atoms. The van der Waals surface area contributed by atoms with Gasteiger partial charge in [-0.05, 0) is 6.42 Å². The molecule has 0 aliphatic heterocycles. The van der Waals surface area contributed by atoms with Crippen LogP contribution in [0.15, 0.2) is 0 Å². The second-order valence-electron chi connectivity index (χ2n) is 1.98. The zero-order chi connectivity index (χ0) is 7.49. The minimum atomic E-state index is -2.71. The monoisotopic (exact) mass is 152 g/mol. The number of aliphatic hydroxyl groups is 1. The molecule has 0 aromatic rings. The summed E-state index contributed by atoms with van der Waals surface area (Å²) in [6, 6.07) is 0. The zero-order valence-electron chi connectivity index (χ0n) is 6.00. The molecule has 0 heterocycles. The third kappa shape index (κ3) is 2.48. The van der Waals surface area contributed by atoms with Gasteiger partial charge in [0, 0.05) is 13.8 Å². The largest absolute Gasteiger partial charge is 0.383 e. The van der Waals surface area contributed by atoms with Gasteiger partial charge in [-0.3, -0.25) is 4.57 Å². The molecular weight excluding hydrogens is 139 g/mol. The lowest BCUT2D eigenvalue weighted by molar-refractivity contribution is 0.218. The predicted molar refractivity (Wildman–Crippen MR) is 36.8 cm³/mol. The Morgan fingerprint density at radius 1 is 1.78 bits per heavy atom. The molecule has 0 aliphatic rings. The fraction of sp³-hybridized carbons (Fsp3) is 1.00. The summed E-state index contributed by atoms with van der Waals surface area (Å²) in [7, 11) is -1.36. The molecule has 0 saturated carbocycles. The van der Waals surface area contributed by atoms with E-state index in [1.807, 2.05) is 0 Å². The summed E-state index contributed by atoms with van der Waals surface area (Å²) in [5, 5.41) is 9.00. The Morgan fingerprint density at radius 2 is 2.22 bits per heavy atom. The van der Waals surface area contributed by atoms with Gasteiger partial charge in [0.25, 0.3) is 0 Å². The number of aliphatic hydroxyl groups excluding tert-OH is 1. The number of hydrogen-bond acceptors (Lipinski definition) is 3. The van der Waals surface area contributed by atoms with Crippen molar-refractivity contribution in [1.82, 2.24) is 0 Å². The normalized spacial score (nSPS) is 20.9. The summed E-state index contributed by atoms with van der Waals surface area (Å²) in [5.74, 6) is -0.803. The molecule has 56 valence electrons. The zero-order valence-corrected chi connectivity index (χ0v) is 6.89. The average molecular weight is 152 g/mol. The van der Waals surface area contributed by atoms with Gasteiger partial charge in [-0.25, -0.2) is 0 Å². The van der Waals surface area contributed by atoms with Crippen LogP contribution < -0.4 is 0 Å². The van der Waals surface area contributed by atoms with Crippen LogP contribution in [0.4, 0.5) is 0 Å². The van der Waals surface area contributed by atoms with Crippen LogP contribution in [0.25, 0.3) is 0 Å². The lowest BCUT2D eigenvalue weighted by atomic mass is 10.5. The summed E-state index contributed by atoms with van der Waals surface area (Å²) in [4.78, 5) is 0. The first-order chi connectivity index (χ1) is 4.04. The molecule has 0 aromatic heterocycles. The average Bonchev–Trinajstić information content (AvgIpc) is 1.86. The van der Waals surface area contributed by atoms with Crippen molar-refractivity contribution in [3.05, 3.63) is 0 Å². The van der Waals surface area contributed by atoms with E-state index in [2.05, 4.69) is 4.52 Å². The lowest BCUT2D eigenvalue weighted by Gasteiger charge is -2.15. The van der Waals surface area contributed by atoms with E-state index in [9.17, 15) is 4.57 Å². The van der Waals surface area contributed by atoms with E-state index < -0.39 is 13.2 Å². The van der Waals surface area contributed by atoms with E-state index in [0.717, 1.165) is 0 Å². The third-order valence-electron chi connectivity index (χ3n) is 1.27. The van der Waals surface area contributed by atoms with Crippen LogP contribution in [-0.4, -0.2) is 24.7 Å². The van der Waals surface area contributed by atoms with Crippen molar-refractivity contribution in [2.75, 3.05) is 13.8 Å². The molecule has 2 unspecified atom stereocenters. The van der Waals surface area contributed by atoms with E-state index in [-0.39, 0.29) is 0 Å². The van der Waals surface area contributed by atoms with Crippen LogP contribution in [0, 0.1) is 0 Å². The van der Waals surface area contributed by atoms with Gasteiger partial charge in [0.1, 0.15) is 5.85 Å². The topological polar surface area (TPSA) is 46.5 Å². The Labute approximate surface area is 55.5 Å². The van der Waals surface area contributed by atoms with Gasteiger partial charge < -0.3 is 9.63 Å². The second-order valence-corrected chi connectivity index (χ2v) is 4.76. The Hall–Kier alpha value is 0.150. The molecule has 0 saturated heterocycles. The van der Waals surface area contributed by atoms with E-state index in [0.29, 0.717) is 6.42 Å². The summed E-state index contributed by atoms with van der Waals surface area (Å²) in [6.45, 7) is 3.20. The van der Waals surface area contributed by atoms with E-state index >= 15 is 0 Å². The standard InChI is InChI=1S/C5H13O3P/c1-4-5(6)9(3,7)8-2/h5-6H,4H2,1-3H3. The Bertz CT molecular complexity index is 123. The predicted octanol–water partition coefficient (Wildman–Crippen LogP) is 1.27. The van der Waals surface area contributed by atoms with Crippen molar-refractivity contribution in [2.24, 2.45) is 0 Å². The van der Waals surface area contributed by atoms with Gasteiger partial charge in [0.05, 0.1) is 0 Å². The molecule has 0 radical (unpaired) electrons. The van der Waals surface area contributed by atoms with E-state index in [4.69, 9.17) is 5.11 Å². The van der Waals surface area contributed by atoms with Crippen molar-refractivity contribution in [2.45, 2.75) is 19.2 Å². The second kappa shape index (κ2) is 3.35. The van der Waals surface area contributed by atoms with E-state index in [1.165, 1.54) is 13.8 Å². The highest BCUT2D eigenvalue weighted by Gasteiger charge is 2.23. The molecular formula is C5H13O3P. The van der Waals surface area contributed by atoms with Gasteiger partial charge in [0.2, 0.25) is 7.37 Å². The maximum atomic E-state index is 11.0. The fourth-order valence-electron chi connectivity index (χ4n) is 0.453. The van der Waals surface area contributed by atoms with Crippen LogP contribution in [0.1, 0.15) is 13.3 Å². The minimum Gasteiger partial charge on any atom is -0.383 e. The Balaban J connectivity index is 3.98. The Kier molecular flexibility index (Phi) is 3.41. The molecule has 0 fully saturated rings. The number of rotatable bonds is 3. The van der Waals surface area contributed by atoms with Gasteiger partial charge in [-0.15, -0.1) is 0 Å². The lowest BCUT2D eigenvalue weighted by Crippen LogP contribution is -2.05.